The molecule has 4 aromatic rings. The zero-order valence-corrected chi connectivity index (χ0v) is 17.8. The van der Waals surface area contributed by atoms with E-state index in [4.69, 9.17) is 14.6 Å². The van der Waals surface area contributed by atoms with Gasteiger partial charge in [0.05, 0.1) is 6.54 Å². The van der Waals surface area contributed by atoms with E-state index in [0.717, 1.165) is 22.4 Å². The monoisotopic (exact) mass is 438 g/mol. The van der Waals surface area contributed by atoms with Crippen LogP contribution in [0.4, 0.5) is 5.69 Å². The molecule has 0 radical (unpaired) electrons. The number of nitrogens with zero attached hydrogens (tertiary/aromatic N) is 3. The van der Waals surface area contributed by atoms with Crippen molar-refractivity contribution in [2.75, 3.05) is 18.5 Å². The first-order valence-electron chi connectivity index (χ1n) is 10.6. The van der Waals surface area contributed by atoms with E-state index in [9.17, 15) is 4.79 Å². The van der Waals surface area contributed by atoms with Gasteiger partial charge in [0.1, 0.15) is 18.9 Å². The van der Waals surface area contributed by atoms with E-state index in [2.05, 4.69) is 22.4 Å². The van der Waals surface area contributed by atoms with Crippen molar-refractivity contribution in [3.05, 3.63) is 96.5 Å². The largest absolute Gasteiger partial charge is 0.486 e. The van der Waals surface area contributed by atoms with Crippen molar-refractivity contribution in [1.29, 1.82) is 0 Å². The number of benzene rings is 2. The highest BCUT2D eigenvalue weighted by Gasteiger charge is 2.13. The second-order valence-corrected chi connectivity index (χ2v) is 7.54. The average Bonchev–Trinajstić information content (AvgIpc) is 3.26. The predicted molar refractivity (Wildman–Crippen MR) is 126 cm³/mol. The number of aromatic nitrogens is 3. The summed E-state index contributed by atoms with van der Waals surface area (Å²) >= 11 is 0. The zero-order valence-electron chi connectivity index (χ0n) is 17.8. The number of amides is 1. The topological polar surface area (TPSA) is 78.3 Å². The fourth-order valence-electron chi connectivity index (χ4n) is 3.61. The molecule has 1 aliphatic rings. The molecule has 3 heterocycles. The molecule has 0 unspecified atom stereocenters. The van der Waals surface area contributed by atoms with Gasteiger partial charge in [-0.3, -0.25) is 14.5 Å². The van der Waals surface area contributed by atoms with Crippen LogP contribution in [-0.4, -0.2) is 33.9 Å². The van der Waals surface area contributed by atoms with Gasteiger partial charge in [0.25, 0.3) is 0 Å². The number of hydrogen-bond donors (Lipinski definition) is 1. The lowest BCUT2D eigenvalue weighted by Crippen LogP contribution is -2.16. The van der Waals surface area contributed by atoms with Crippen LogP contribution in [0.5, 0.6) is 11.5 Å². The predicted octanol–water partition coefficient (Wildman–Crippen LogP) is 4.42. The Labute approximate surface area is 191 Å². The number of pyridine rings is 1. The van der Waals surface area contributed by atoms with Crippen molar-refractivity contribution in [2.24, 2.45) is 0 Å². The smallest absolute Gasteiger partial charge is 0.248 e. The van der Waals surface area contributed by atoms with Gasteiger partial charge in [-0.05, 0) is 35.9 Å². The first kappa shape index (κ1) is 20.5. The standard InChI is InChI=1S/C26H22N4O3/c31-25(28-22-9-10-23-24(15-22)33-14-13-32-23)11-8-21-18-30(17-19-5-2-1-3-6-19)29-26(21)20-7-4-12-27-16-20/h1-12,15-16,18H,13-14,17H2,(H,28,31)/b11-8+. The lowest BCUT2D eigenvalue weighted by molar-refractivity contribution is -0.111. The Hall–Kier alpha value is -4.39. The molecule has 0 aliphatic carbocycles. The van der Waals surface area contributed by atoms with E-state index in [1.165, 1.54) is 6.08 Å². The van der Waals surface area contributed by atoms with Crippen LogP contribution < -0.4 is 14.8 Å². The normalized spacial score (nSPS) is 12.6. The number of anilines is 1. The van der Waals surface area contributed by atoms with Crippen molar-refractivity contribution >= 4 is 17.7 Å². The molecule has 0 saturated heterocycles. The molecule has 5 rings (SSSR count). The van der Waals surface area contributed by atoms with Gasteiger partial charge in [0.2, 0.25) is 5.91 Å². The SMILES string of the molecule is O=C(/C=C/c1cn(Cc2ccccc2)nc1-c1cccnc1)Nc1ccc2c(c1)OCCO2. The third kappa shape index (κ3) is 4.93. The van der Waals surface area contributed by atoms with E-state index >= 15 is 0 Å². The summed E-state index contributed by atoms with van der Waals surface area (Å²) in [4.78, 5) is 16.8. The first-order chi connectivity index (χ1) is 16.2. The van der Waals surface area contributed by atoms with Crippen LogP contribution in [0.2, 0.25) is 0 Å². The van der Waals surface area contributed by atoms with Gasteiger partial charge in [-0.1, -0.05) is 30.3 Å². The fourth-order valence-corrected chi connectivity index (χ4v) is 3.61. The highest BCUT2D eigenvalue weighted by atomic mass is 16.6. The maximum Gasteiger partial charge on any atom is 0.248 e. The summed E-state index contributed by atoms with van der Waals surface area (Å²) in [5.41, 5.74) is 4.26. The minimum atomic E-state index is -0.250. The third-order valence-corrected chi connectivity index (χ3v) is 5.14. The van der Waals surface area contributed by atoms with Gasteiger partial charge in [0, 0.05) is 47.5 Å². The van der Waals surface area contributed by atoms with Crippen LogP contribution >= 0.6 is 0 Å². The van der Waals surface area contributed by atoms with Crippen LogP contribution in [0, 0.1) is 0 Å². The third-order valence-electron chi connectivity index (χ3n) is 5.14. The van der Waals surface area contributed by atoms with Crippen molar-refractivity contribution in [3.63, 3.8) is 0 Å². The van der Waals surface area contributed by atoms with Gasteiger partial charge in [0.15, 0.2) is 11.5 Å². The highest BCUT2D eigenvalue weighted by molar-refractivity contribution is 6.02. The highest BCUT2D eigenvalue weighted by Crippen LogP contribution is 2.32. The second kappa shape index (κ2) is 9.40. The minimum absolute atomic E-state index is 0.250. The maximum atomic E-state index is 12.6. The second-order valence-electron chi connectivity index (χ2n) is 7.54. The molecule has 0 fully saturated rings. The van der Waals surface area contributed by atoms with Crippen LogP contribution in [0.25, 0.3) is 17.3 Å². The number of carbonyl (C=O) groups excluding carboxylic acids is 1. The van der Waals surface area contributed by atoms with Crippen molar-refractivity contribution < 1.29 is 14.3 Å². The summed E-state index contributed by atoms with van der Waals surface area (Å²) in [6, 6.07) is 19.3. The Morgan fingerprint density at radius 1 is 1.03 bits per heavy atom. The summed E-state index contributed by atoms with van der Waals surface area (Å²) < 4.78 is 13.0. The summed E-state index contributed by atoms with van der Waals surface area (Å²) in [7, 11) is 0. The van der Waals surface area contributed by atoms with Crippen molar-refractivity contribution in [1.82, 2.24) is 14.8 Å². The molecule has 33 heavy (non-hydrogen) atoms. The first-order valence-corrected chi connectivity index (χ1v) is 10.6. The van der Waals surface area contributed by atoms with Gasteiger partial charge >= 0.3 is 0 Å². The van der Waals surface area contributed by atoms with E-state index in [1.54, 1.807) is 36.7 Å². The van der Waals surface area contributed by atoms with Crippen LogP contribution in [0.3, 0.4) is 0 Å². The lowest BCUT2D eigenvalue weighted by atomic mass is 10.1. The van der Waals surface area contributed by atoms with E-state index in [1.807, 2.05) is 41.2 Å². The minimum Gasteiger partial charge on any atom is -0.486 e. The summed E-state index contributed by atoms with van der Waals surface area (Å²) in [5.74, 6) is 1.06. The fraction of sp³-hybridized carbons (Fsp3) is 0.115. The molecular formula is C26H22N4O3. The Morgan fingerprint density at radius 3 is 2.70 bits per heavy atom. The molecular weight excluding hydrogens is 416 g/mol. The molecule has 0 bridgehead atoms. The molecule has 0 saturated carbocycles. The van der Waals surface area contributed by atoms with Gasteiger partial charge in [-0.2, -0.15) is 5.10 Å². The number of hydrogen-bond acceptors (Lipinski definition) is 5. The molecule has 1 aliphatic heterocycles. The van der Waals surface area contributed by atoms with Gasteiger partial charge in [-0.25, -0.2) is 0 Å². The number of nitrogens with one attached hydrogen (secondary N) is 1. The molecule has 0 spiro atoms. The van der Waals surface area contributed by atoms with Crippen molar-refractivity contribution in [3.8, 4) is 22.8 Å². The lowest BCUT2D eigenvalue weighted by Gasteiger charge is -2.18. The van der Waals surface area contributed by atoms with Crippen LogP contribution in [0.1, 0.15) is 11.1 Å². The number of ether oxygens (including phenoxy) is 2. The maximum absolute atomic E-state index is 12.6. The van der Waals surface area contributed by atoms with Crippen LogP contribution in [-0.2, 0) is 11.3 Å². The molecule has 1 amide bonds. The summed E-state index contributed by atoms with van der Waals surface area (Å²) in [5, 5.41) is 7.62. The quantitative estimate of drug-likeness (QED) is 0.451. The Morgan fingerprint density at radius 2 is 1.88 bits per heavy atom. The average molecular weight is 438 g/mol. The molecule has 0 atom stereocenters. The number of carbonyl (C=O) groups is 1. The molecule has 164 valence electrons. The Bertz CT molecular complexity index is 1280. The molecule has 7 heteroatoms. The van der Waals surface area contributed by atoms with Gasteiger partial charge < -0.3 is 14.8 Å². The van der Waals surface area contributed by atoms with E-state index in [-0.39, 0.29) is 5.91 Å². The summed E-state index contributed by atoms with van der Waals surface area (Å²) in [6.07, 6.45) is 8.69. The Kier molecular flexibility index (Phi) is 5.84. The number of fused-ring (bicyclic) bond motifs is 1. The number of rotatable bonds is 6. The zero-order chi connectivity index (χ0) is 22.5. The molecule has 2 aromatic carbocycles. The summed E-state index contributed by atoms with van der Waals surface area (Å²) in [6.45, 7) is 1.65. The molecule has 7 nitrogen and oxygen atoms in total. The van der Waals surface area contributed by atoms with Crippen LogP contribution in [0.15, 0.2) is 85.3 Å². The Balaban J connectivity index is 1.36. The van der Waals surface area contributed by atoms with E-state index in [0.29, 0.717) is 36.9 Å². The van der Waals surface area contributed by atoms with E-state index < -0.39 is 0 Å². The molecule has 1 N–H and O–H groups in total. The molecule has 2 aromatic heterocycles. The van der Waals surface area contributed by atoms with Gasteiger partial charge in [-0.15, -0.1) is 0 Å². The van der Waals surface area contributed by atoms with Crippen molar-refractivity contribution in [2.45, 2.75) is 6.54 Å².